The zero-order chi connectivity index (χ0) is 11.0. The quantitative estimate of drug-likeness (QED) is 0.857. The number of amides is 1. The molecule has 2 nitrogen and oxygen atoms in total. The van der Waals surface area contributed by atoms with Crippen molar-refractivity contribution in [1.82, 2.24) is 5.32 Å². The highest BCUT2D eigenvalue weighted by molar-refractivity contribution is 7.12. The van der Waals surface area contributed by atoms with Crippen LogP contribution in [0.3, 0.4) is 0 Å². The second-order valence-corrected chi connectivity index (χ2v) is 6.07. The molecule has 0 unspecified atom stereocenters. The molecule has 16 heavy (non-hydrogen) atoms. The highest BCUT2D eigenvalue weighted by atomic mass is 32.1. The summed E-state index contributed by atoms with van der Waals surface area (Å²) < 4.78 is 0. The summed E-state index contributed by atoms with van der Waals surface area (Å²) in [5.41, 5.74) is 0. The molecule has 0 spiro atoms. The Morgan fingerprint density at radius 2 is 2.38 bits per heavy atom. The van der Waals surface area contributed by atoms with Gasteiger partial charge < -0.3 is 5.32 Å². The van der Waals surface area contributed by atoms with E-state index in [9.17, 15) is 4.79 Å². The molecule has 1 amide bonds. The molecular weight excluding hydrogens is 218 g/mol. The maximum Gasteiger partial charge on any atom is 0.261 e. The first-order valence-electron chi connectivity index (χ1n) is 6.14. The van der Waals surface area contributed by atoms with Crippen LogP contribution in [0.4, 0.5) is 0 Å². The van der Waals surface area contributed by atoms with E-state index in [0.717, 1.165) is 29.2 Å². The van der Waals surface area contributed by atoms with Gasteiger partial charge in [-0.1, -0.05) is 12.5 Å². The molecule has 2 saturated carbocycles. The number of hydrogen-bond donors (Lipinski definition) is 1. The Balaban J connectivity index is 1.52. The molecule has 2 aliphatic rings. The molecule has 2 bridgehead atoms. The van der Waals surface area contributed by atoms with E-state index >= 15 is 0 Å². The number of fused-ring (bicyclic) bond motifs is 2. The lowest BCUT2D eigenvalue weighted by Crippen LogP contribution is -2.31. The molecule has 86 valence electrons. The van der Waals surface area contributed by atoms with Gasteiger partial charge in [0.1, 0.15) is 0 Å². The molecule has 1 heterocycles. The molecule has 1 aromatic rings. The molecule has 3 atom stereocenters. The number of carbonyl (C=O) groups is 1. The van der Waals surface area contributed by atoms with Gasteiger partial charge in [-0.25, -0.2) is 0 Å². The zero-order valence-electron chi connectivity index (χ0n) is 9.32. The number of thiophene rings is 1. The van der Waals surface area contributed by atoms with Crippen LogP contribution in [0.15, 0.2) is 17.5 Å². The maximum atomic E-state index is 11.8. The van der Waals surface area contributed by atoms with E-state index in [1.807, 2.05) is 17.5 Å². The lowest BCUT2D eigenvalue weighted by Gasteiger charge is -2.21. The number of hydrogen-bond acceptors (Lipinski definition) is 2. The Morgan fingerprint density at radius 1 is 1.44 bits per heavy atom. The monoisotopic (exact) mass is 235 g/mol. The first kappa shape index (κ1) is 10.3. The Kier molecular flexibility index (Phi) is 2.72. The molecule has 1 aromatic heterocycles. The van der Waals surface area contributed by atoms with Crippen LogP contribution in [0.5, 0.6) is 0 Å². The van der Waals surface area contributed by atoms with Gasteiger partial charge in [-0.2, -0.15) is 0 Å². The summed E-state index contributed by atoms with van der Waals surface area (Å²) in [7, 11) is 0. The highest BCUT2D eigenvalue weighted by Crippen LogP contribution is 2.47. The third kappa shape index (κ3) is 1.88. The normalized spacial score (nSPS) is 31.9. The van der Waals surface area contributed by atoms with Crippen molar-refractivity contribution in [2.75, 3.05) is 6.54 Å². The summed E-state index contributed by atoms with van der Waals surface area (Å²) in [6.45, 7) is 0.887. The molecular formula is C13H17NOS. The van der Waals surface area contributed by atoms with Crippen molar-refractivity contribution >= 4 is 17.2 Å². The minimum atomic E-state index is 0.109. The smallest absolute Gasteiger partial charge is 0.261 e. The number of carbonyl (C=O) groups excluding carboxylic acids is 1. The van der Waals surface area contributed by atoms with E-state index in [1.54, 1.807) is 0 Å². The Labute approximate surface area is 100 Å². The average molecular weight is 235 g/mol. The predicted octanol–water partition coefficient (Wildman–Crippen LogP) is 2.91. The minimum absolute atomic E-state index is 0.109. The average Bonchev–Trinajstić information content (AvgIpc) is 3.01. The van der Waals surface area contributed by atoms with Crippen molar-refractivity contribution in [3.63, 3.8) is 0 Å². The van der Waals surface area contributed by atoms with Gasteiger partial charge in [0.2, 0.25) is 0 Å². The minimum Gasteiger partial charge on any atom is -0.351 e. The molecule has 1 N–H and O–H groups in total. The van der Waals surface area contributed by atoms with Gasteiger partial charge in [0.25, 0.3) is 5.91 Å². The SMILES string of the molecule is O=C(NC[C@H]1C[C@H]2CC[C@@H]1C2)c1cccs1. The van der Waals surface area contributed by atoms with Crippen LogP contribution >= 0.6 is 11.3 Å². The summed E-state index contributed by atoms with van der Waals surface area (Å²) in [4.78, 5) is 12.6. The van der Waals surface area contributed by atoms with Crippen LogP contribution in [0, 0.1) is 17.8 Å². The van der Waals surface area contributed by atoms with Crippen LogP contribution in [-0.4, -0.2) is 12.5 Å². The molecule has 0 aromatic carbocycles. The number of rotatable bonds is 3. The van der Waals surface area contributed by atoms with E-state index in [2.05, 4.69) is 5.32 Å². The summed E-state index contributed by atoms with van der Waals surface area (Å²) in [6, 6.07) is 3.82. The standard InChI is InChI=1S/C13H17NOS/c15-13(12-2-1-5-16-12)14-8-11-7-9-3-4-10(11)6-9/h1-2,5,9-11H,3-4,6-8H2,(H,14,15)/t9-,10+,11+/m0/s1. The van der Waals surface area contributed by atoms with Crippen molar-refractivity contribution in [3.8, 4) is 0 Å². The highest BCUT2D eigenvalue weighted by Gasteiger charge is 2.39. The summed E-state index contributed by atoms with van der Waals surface area (Å²) >= 11 is 1.52. The van der Waals surface area contributed by atoms with Gasteiger partial charge in [0.15, 0.2) is 0 Å². The van der Waals surface area contributed by atoms with E-state index in [0.29, 0.717) is 0 Å². The topological polar surface area (TPSA) is 29.1 Å². The molecule has 0 radical (unpaired) electrons. The fraction of sp³-hybridized carbons (Fsp3) is 0.615. The van der Waals surface area contributed by atoms with Crippen LogP contribution in [0.1, 0.15) is 35.4 Å². The second-order valence-electron chi connectivity index (χ2n) is 5.12. The van der Waals surface area contributed by atoms with Gasteiger partial charge in [0, 0.05) is 6.54 Å². The third-order valence-electron chi connectivity index (χ3n) is 4.15. The molecule has 3 rings (SSSR count). The van der Waals surface area contributed by atoms with E-state index in [1.165, 1.54) is 37.0 Å². The van der Waals surface area contributed by atoms with Gasteiger partial charge in [-0.15, -0.1) is 11.3 Å². The van der Waals surface area contributed by atoms with Crippen LogP contribution in [0.2, 0.25) is 0 Å². The second kappa shape index (κ2) is 4.21. The Bertz CT molecular complexity index is 373. The summed E-state index contributed by atoms with van der Waals surface area (Å²) in [6.07, 6.45) is 5.58. The van der Waals surface area contributed by atoms with Crippen molar-refractivity contribution < 1.29 is 4.79 Å². The first-order chi connectivity index (χ1) is 7.83. The summed E-state index contributed by atoms with van der Waals surface area (Å²) in [5, 5.41) is 5.03. The molecule has 0 saturated heterocycles. The lowest BCUT2D eigenvalue weighted by molar-refractivity contribution is 0.0946. The van der Waals surface area contributed by atoms with Crippen molar-refractivity contribution in [3.05, 3.63) is 22.4 Å². The molecule has 0 aliphatic heterocycles. The van der Waals surface area contributed by atoms with Crippen LogP contribution < -0.4 is 5.32 Å². The third-order valence-corrected chi connectivity index (χ3v) is 5.02. The van der Waals surface area contributed by atoms with E-state index < -0.39 is 0 Å². The molecule has 2 aliphatic carbocycles. The van der Waals surface area contributed by atoms with Crippen LogP contribution in [-0.2, 0) is 0 Å². The Morgan fingerprint density at radius 3 is 3.00 bits per heavy atom. The van der Waals surface area contributed by atoms with Crippen molar-refractivity contribution in [2.24, 2.45) is 17.8 Å². The first-order valence-corrected chi connectivity index (χ1v) is 7.02. The van der Waals surface area contributed by atoms with Crippen molar-refractivity contribution in [2.45, 2.75) is 25.7 Å². The van der Waals surface area contributed by atoms with Gasteiger partial charge in [0.05, 0.1) is 4.88 Å². The lowest BCUT2D eigenvalue weighted by atomic mass is 9.89. The number of nitrogens with one attached hydrogen (secondary N) is 1. The van der Waals surface area contributed by atoms with Gasteiger partial charge >= 0.3 is 0 Å². The fourth-order valence-corrected chi connectivity index (χ4v) is 3.99. The Hall–Kier alpha value is -0.830. The van der Waals surface area contributed by atoms with E-state index in [-0.39, 0.29) is 5.91 Å². The fourth-order valence-electron chi connectivity index (χ4n) is 3.35. The largest absolute Gasteiger partial charge is 0.351 e. The van der Waals surface area contributed by atoms with Gasteiger partial charge in [-0.3, -0.25) is 4.79 Å². The summed E-state index contributed by atoms with van der Waals surface area (Å²) in [5.74, 6) is 2.72. The van der Waals surface area contributed by atoms with E-state index in [4.69, 9.17) is 0 Å². The predicted molar refractivity (Wildman–Crippen MR) is 65.6 cm³/mol. The molecule has 2 fully saturated rings. The van der Waals surface area contributed by atoms with Crippen LogP contribution in [0.25, 0.3) is 0 Å². The zero-order valence-corrected chi connectivity index (χ0v) is 10.1. The maximum absolute atomic E-state index is 11.8. The molecule has 3 heteroatoms. The van der Waals surface area contributed by atoms with Gasteiger partial charge in [-0.05, 0) is 48.5 Å². The van der Waals surface area contributed by atoms with Crippen molar-refractivity contribution in [1.29, 1.82) is 0 Å².